The van der Waals surface area contributed by atoms with E-state index in [2.05, 4.69) is 12.1 Å². The van der Waals surface area contributed by atoms with Gasteiger partial charge in [-0.05, 0) is 60.6 Å². The third kappa shape index (κ3) is 3.57. The van der Waals surface area contributed by atoms with Gasteiger partial charge >= 0.3 is 5.97 Å². The fraction of sp³-hybridized carbons (Fsp3) is 0.333. The molecule has 0 atom stereocenters. The number of hydrogen-bond acceptors (Lipinski definition) is 5. The van der Waals surface area contributed by atoms with E-state index < -0.39 is 5.97 Å². The molecule has 0 N–H and O–H groups in total. The Balaban J connectivity index is 1.33. The Bertz CT molecular complexity index is 855. The molecule has 0 fully saturated rings. The lowest BCUT2D eigenvalue weighted by Crippen LogP contribution is -2.16. The van der Waals surface area contributed by atoms with Gasteiger partial charge in [0.15, 0.2) is 23.9 Å². The van der Waals surface area contributed by atoms with E-state index in [1.165, 1.54) is 24.0 Å². The topological polar surface area (TPSA) is 61.8 Å². The highest BCUT2D eigenvalue weighted by molar-refractivity contribution is 5.98. The fourth-order valence-corrected chi connectivity index (χ4v) is 3.41. The van der Waals surface area contributed by atoms with Crippen LogP contribution in [0.2, 0.25) is 0 Å². The average Bonchev–Trinajstić information content (AvgIpc) is 3.14. The molecular formula is C21H20O5. The Hall–Kier alpha value is -2.82. The molecule has 0 aromatic heterocycles. The van der Waals surface area contributed by atoms with E-state index in [0.717, 1.165) is 18.4 Å². The lowest BCUT2D eigenvalue weighted by molar-refractivity contribution is -0.141. The summed E-state index contributed by atoms with van der Waals surface area (Å²) in [6.07, 6.45) is 4.80. The number of carbonyl (C=O) groups is 2. The zero-order valence-corrected chi connectivity index (χ0v) is 14.5. The maximum atomic E-state index is 12.2. The minimum atomic E-state index is -0.394. The Morgan fingerprint density at radius 3 is 2.62 bits per heavy atom. The van der Waals surface area contributed by atoms with Crippen molar-refractivity contribution < 1.29 is 23.8 Å². The predicted molar refractivity (Wildman–Crippen MR) is 94.6 cm³/mol. The van der Waals surface area contributed by atoms with E-state index in [0.29, 0.717) is 17.1 Å². The normalized spacial score (nSPS) is 14.6. The van der Waals surface area contributed by atoms with Gasteiger partial charge in [0.05, 0.1) is 6.42 Å². The first-order chi connectivity index (χ1) is 12.7. The summed E-state index contributed by atoms with van der Waals surface area (Å²) in [5.41, 5.74) is 4.09. The van der Waals surface area contributed by atoms with Gasteiger partial charge in [-0.3, -0.25) is 9.59 Å². The van der Waals surface area contributed by atoms with E-state index in [9.17, 15) is 9.59 Å². The number of fused-ring (bicyclic) bond motifs is 2. The smallest absolute Gasteiger partial charge is 0.310 e. The standard InChI is InChI=1S/C21H20O5/c22-18(17-7-8-19-20(11-17)26-13-25-19)12-24-21(23)10-14-5-6-15-3-1-2-4-16(15)9-14/h5-9,11H,1-4,10,12-13H2. The van der Waals surface area contributed by atoms with Crippen molar-refractivity contribution in [3.05, 3.63) is 58.7 Å². The highest BCUT2D eigenvalue weighted by atomic mass is 16.7. The van der Waals surface area contributed by atoms with E-state index >= 15 is 0 Å². The van der Waals surface area contributed by atoms with Crippen LogP contribution in [0.3, 0.4) is 0 Å². The quantitative estimate of drug-likeness (QED) is 0.610. The maximum Gasteiger partial charge on any atom is 0.310 e. The second-order valence-electron chi connectivity index (χ2n) is 6.64. The van der Waals surface area contributed by atoms with Gasteiger partial charge in [0, 0.05) is 5.56 Å². The largest absolute Gasteiger partial charge is 0.457 e. The minimum absolute atomic E-state index is 0.155. The van der Waals surface area contributed by atoms with Gasteiger partial charge < -0.3 is 14.2 Å². The molecule has 2 aromatic carbocycles. The molecular weight excluding hydrogens is 332 g/mol. The molecule has 0 spiro atoms. The number of Topliss-reactive ketones (excluding diaryl/α,β-unsaturated/α-hetero) is 1. The van der Waals surface area contributed by atoms with Gasteiger partial charge in [0.25, 0.3) is 0 Å². The molecule has 5 heteroatoms. The first kappa shape index (κ1) is 16.6. The van der Waals surface area contributed by atoms with Crippen LogP contribution in [-0.2, 0) is 28.8 Å². The Morgan fingerprint density at radius 2 is 1.73 bits per heavy atom. The van der Waals surface area contributed by atoms with Crippen molar-refractivity contribution >= 4 is 11.8 Å². The summed E-state index contributed by atoms with van der Waals surface area (Å²) < 4.78 is 15.6. The van der Waals surface area contributed by atoms with Gasteiger partial charge in [0.2, 0.25) is 6.79 Å². The highest BCUT2D eigenvalue weighted by Crippen LogP contribution is 2.32. The molecule has 0 amide bonds. The van der Waals surface area contributed by atoms with Crippen molar-refractivity contribution in [2.75, 3.05) is 13.4 Å². The van der Waals surface area contributed by atoms with Gasteiger partial charge in [0.1, 0.15) is 0 Å². The van der Waals surface area contributed by atoms with Gasteiger partial charge in [-0.15, -0.1) is 0 Å². The molecule has 1 aliphatic carbocycles. The molecule has 1 aliphatic heterocycles. The number of rotatable bonds is 5. The number of carbonyl (C=O) groups excluding carboxylic acids is 2. The van der Waals surface area contributed by atoms with Crippen LogP contribution >= 0.6 is 0 Å². The number of aryl methyl sites for hydroxylation is 2. The van der Waals surface area contributed by atoms with Crippen LogP contribution in [0.4, 0.5) is 0 Å². The van der Waals surface area contributed by atoms with Crippen LogP contribution in [0.25, 0.3) is 0 Å². The second-order valence-corrected chi connectivity index (χ2v) is 6.64. The van der Waals surface area contributed by atoms with Crippen LogP contribution in [0, 0.1) is 0 Å². The summed E-state index contributed by atoms with van der Waals surface area (Å²) in [6.45, 7) is -0.119. The molecule has 0 unspecified atom stereocenters. The Morgan fingerprint density at radius 1 is 0.923 bits per heavy atom. The molecule has 2 aliphatic rings. The average molecular weight is 352 g/mol. The van der Waals surface area contributed by atoms with Gasteiger partial charge in [-0.25, -0.2) is 0 Å². The van der Waals surface area contributed by atoms with E-state index in [1.807, 2.05) is 6.07 Å². The van der Waals surface area contributed by atoms with E-state index in [-0.39, 0.29) is 25.6 Å². The lowest BCUT2D eigenvalue weighted by atomic mass is 9.90. The van der Waals surface area contributed by atoms with Crippen molar-refractivity contribution in [2.45, 2.75) is 32.1 Å². The van der Waals surface area contributed by atoms with E-state index in [1.54, 1.807) is 18.2 Å². The van der Waals surface area contributed by atoms with Crippen molar-refractivity contribution in [3.8, 4) is 11.5 Å². The Labute approximate surface area is 151 Å². The summed E-state index contributed by atoms with van der Waals surface area (Å²) >= 11 is 0. The predicted octanol–water partition coefficient (Wildman–Crippen LogP) is 3.26. The van der Waals surface area contributed by atoms with E-state index in [4.69, 9.17) is 14.2 Å². The molecule has 5 nitrogen and oxygen atoms in total. The molecule has 26 heavy (non-hydrogen) atoms. The third-order valence-electron chi connectivity index (χ3n) is 4.82. The molecule has 134 valence electrons. The number of benzene rings is 2. The summed E-state index contributed by atoms with van der Waals surface area (Å²) in [4.78, 5) is 24.3. The van der Waals surface area contributed by atoms with Crippen LogP contribution in [-0.4, -0.2) is 25.2 Å². The fourth-order valence-electron chi connectivity index (χ4n) is 3.41. The SMILES string of the molecule is O=C(Cc1ccc2c(c1)CCCC2)OCC(=O)c1ccc2c(c1)OCO2. The molecule has 0 saturated heterocycles. The van der Waals surface area contributed by atoms with Crippen molar-refractivity contribution in [2.24, 2.45) is 0 Å². The molecule has 0 radical (unpaired) electrons. The summed E-state index contributed by atoms with van der Waals surface area (Å²) in [7, 11) is 0. The second kappa shape index (κ2) is 7.20. The lowest BCUT2D eigenvalue weighted by Gasteiger charge is -2.16. The van der Waals surface area contributed by atoms with Crippen LogP contribution in [0.1, 0.15) is 39.9 Å². The zero-order valence-electron chi connectivity index (χ0n) is 14.5. The van der Waals surface area contributed by atoms with Gasteiger partial charge in [-0.2, -0.15) is 0 Å². The zero-order chi connectivity index (χ0) is 17.9. The number of esters is 1. The van der Waals surface area contributed by atoms with Crippen molar-refractivity contribution in [1.29, 1.82) is 0 Å². The first-order valence-electron chi connectivity index (χ1n) is 8.88. The van der Waals surface area contributed by atoms with Gasteiger partial charge in [-0.1, -0.05) is 18.2 Å². The summed E-state index contributed by atoms with van der Waals surface area (Å²) in [5, 5.41) is 0. The van der Waals surface area contributed by atoms with Crippen LogP contribution in [0.15, 0.2) is 36.4 Å². The van der Waals surface area contributed by atoms with Crippen LogP contribution < -0.4 is 9.47 Å². The molecule has 1 heterocycles. The summed E-state index contributed by atoms with van der Waals surface area (Å²) in [5.74, 6) is 0.499. The Kier molecular flexibility index (Phi) is 4.61. The molecule has 0 saturated carbocycles. The summed E-state index contributed by atoms with van der Waals surface area (Å²) in [6, 6.07) is 11.1. The third-order valence-corrected chi connectivity index (χ3v) is 4.82. The molecule has 4 rings (SSSR count). The highest BCUT2D eigenvalue weighted by Gasteiger charge is 2.17. The van der Waals surface area contributed by atoms with Crippen LogP contribution in [0.5, 0.6) is 11.5 Å². The number of hydrogen-bond donors (Lipinski definition) is 0. The molecule has 0 bridgehead atoms. The molecule has 2 aromatic rings. The first-order valence-corrected chi connectivity index (χ1v) is 8.88. The minimum Gasteiger partial charge on any atom is -0.457 e. The van der Waals surface area contributed by atoms with Crippen molar-refractivity contribution in [1.82, 2.24) is 0 Å². The monoisotopic (exact) mass is 352 g/mol. The maximum absolute atomic E-state index is 12.2. The van der Waals surface area contributed by atoms with Crippen molar-refractivity contribution in [3.63, 3.8) is 0 Å². The number of ether oxygens (including phenoxy) is 3. The number of ketones is 1.